The molecule has 0 amide bonds. The van der Waals surface area contributed by atoms with E-state index in [0.717, 1.165) is 22.9 Å². The highest BCUT2D eigenvalue weighted by atomic mass is 79.9. The molecule has 0 aliphatic rings. The van der Waals surface area contributed by atoms with Gasteiger partial charge in [0.1, 0.15) is 0 Å². The largest absolute Gasteiger partial charge is 0.441 e. The van der Waals surface area contributed by atoms with Gasteiger partial charge in [0.05, 0.1) is 6.20 Å². The van der Waals surface area contributed by atoms with Gasteiger partial charge < -0.3 is 4.42 Å². The van der Waals surface area contributed by atoms with E-state index in [1.165, 1.54) is 0 Å². The van der Waals surface area contributed by atoms with E-state index < -0.39 is 0 Å². The predicted molar refractivity (Wildman–Crippen MR) is 73.7 cm³/mol. The Bertz CT molecular complexity index is 513. The van der Waals surface area contributed by atoms with E-state index in [-0.39, 0.29) is 0 Å². The van der Waals surface area contributed by atoms with E-state index in [9.17, 15) is 0 Å². The van der Waals surface area contributed by atoms with E-state index in [0.29, 0.717) is 22.6 Å². The minimum Gasteiger partial charge on any atom is -0.441 e. The normalized spacial score (nSPS) is 10.8. The molecule has 5 heteroatoms. The highest BCUT2D eigenvalue weighted by molar-refractivity contribution is 9.10. The van der Waals surface area contributed by atoms with Crippen LogP contribution in [0.2, 0.25) is 5.02 Å². The number of oxazole rings is 1. The second kappa shape index (κ2) is 5.89. The maximum Gasteiger partial charge on any atom is 0.194 e. The maximum absolute atomic E-state index is 5.96. The van der Waals surface area contributed by atoms with E-state index in [1.807, 2.05) is 18.2 Å². The summed E-state index contributed by atoms with van der Waals surface area (Å²) in [4.78, 5) is 4.21. The van der Waals surface area contributed by atoms with Crippen LogP contribution < -0.4 is 0 Å². The second-order valence-electron chi connectivity index (χ2n) is 3.53. The molecule has 0 saturated carbocycles. The summed E-state index contributed by atoms with van der Waals surface area (Å²) in [6, 6.07) is 5.55. The van der Waals surface area contributed by atoms with Crippen LogP contribution in [0.3, 0.4) is 0 Å². The van der Waals surface area contributed by atoms with Gasteiger partial charge in [-0.2, -0.15) is 0 Å². The molecule has 0 fully saturated rings. The maximum atomic E-state index is 5.96. The van der Waals surface area contributed by atoms with Crippen LogP contribution in [-0.4, -0.2) is 10.9 Å². The van der Waals surface area contributed by atoms with Crippen molar-refractivity contribution < 1.29 is 4.42 Å². The molecule has 0 radical (unpaired) electrons. The lowest BCUT2D eigenvalue weighted by molar-refractivity contribution is 0.503. The molecule has 1 aromatic carbocycles. The first-order valence-corrected chi connectivity index (χ1v) is 6.87. The number of aryl methyl sites for hydroxylation is 1. The molecule has 0 bridgehead atoms. The number of nitrogens with zero attached hydrogens (tertiary/aromatic N) is 1. The lowest BCUT2D eigenvalue weighted by Crippen LogP contribution is -1.84. The van der Waals surface area contributed by atoms with Crippen LogP contribution in [0.5, 0.6) is 0 Å². The summed E-state index contributed by atoms with van der Waals surface area (Å²) in [6.45, 7) is 0. The molecule has 0 saturated heterocycles. The standard InChI is InChI=1S/C12H10BrCl2NO/c13-10-4-3-8(15)6-9(10)11-7-16-12(17-11)2-1-5-14/h3-4,6-7H,1-2,5H2. The summed E-state index contributed by atoms with van der Waals surface area (Å²) in [5.74, 6) is 2.02. The monoisotopic (exact) mass is 333 g/mol. The molecule has 0 atom stereocenters. The Morgan fingerprint density at radius 1 is 1.35 bits per heavy atom. The molecule has 0 aliphatic carbocycles. The number of hydrogen-bond donors (Lipinski definition) is 0. The molecule has 90 valence electrons. The second-order valence-corrected chi connectivity index (χ2v) is 5.20. The van der Waals surface area contributed by atoms with Crippen LogP contribution in [0.4, 0.5) is 0 Å². The Kier molecular flexibility index (Phi) is 4.48. The number of rotatable bonds is 4. The Hall–Kier alpha value is -0.510. The third kappa shape index (κ3) is 3.24. The van der Waals surface area contributed by atoms with Crippen LogP contribution in [0.25, 0.3) is 11.3 Å². The summed E-state index contributed by atoms with van der Waals surface area (Å²) in [5, 5.41) is 0.668. The molecule has 1 aromatic heterocycles. The Balaban J connectivity index is 2.27. The Labute approximate surface area is 118 Å². The van der Waals surface area contributed by atoms with Crippen molar-refractivity contribution in [2.75, 3.05) is 5.88 Å². The van der Waals surface area contributed by atoms with Crippen molar-refractivity contribution in [1.29, 1.82) is 0 Å². The smallest absolute Gasteiger partial charge is 0.194 e. The molecule has 2 rings (SSSR count). The summed E-state index contributed by atoms with van der Waals surface area (Å²) >= 11 is 15.0. The van der Waals surface area contributed by atoms with Crippen LogP contribution in [0, 0.1) is 0 Å². The summed E-state index contributed by atoms with van der Waals surface area (Å²) in [5.41, 5.74) is 0.905. The SMILES string of the molecule is ClCCCc1ncc(-c2cc(Cl)ccc2Br)o1. The van der Waals surface area contributed by atoms with E-state index in [1.54, 1.807) is 6.20 Å². The van der Waals surface area contributed by atoms with Crippen molar-refractivity contribution in [3.05, 3.63) is 39.8 Å². The van der Waals surface area contributed by atoms with Crippen molar-refractivity contribution in [2.24, 2.45) is 0 Å². The Morgan fingerprint density at radius 2 is 2.18 bits per heavy atom. The lowest BCUT2D eigenvalue weighted by Gasteiger charge is -2.00. The fourth-order valence-electron chi connectivity index (χ4n) is 1.45. The molecule has 0 spiro atoms. The first-order chi connectivity index (χ1) is 8.20. The summed E-state index contributed by atoms with van der Waals surface area (Å²) < 4.78 is 6.58. The van der Waals surface area contributed by atoms with Gasteiger partial charge in [-0.1, -0.05) is 27.5 Å². The van der Waals surface area contributed by atoms with Crippen LogP contribution >= 0.6 is 39.1 Å². The molecular formula is C12H10BrCl2NO. The third-order valence-corrected chi connectivity index (χ3v) is 3.47. The van der Waals surface area contributed by atoms with E-state index in [4.69, 9.17) is 27.6 Å². The van der Waals surface area contributed by atoms with Gasteiger partial charge in [-0.15, -0.1) is 11.6 Å². The predicted octanol–water partition coefficient (Wildman–Crippen LogP) is 4.93. The van der Waals surface area contributed by atoms with Gasteiger partial charge in [0, 0.05) is 27.4 Å². The number of aromatic nitrogens is 1. The Morgan fingerprint density at radius 3 is 2.94 bits per heavy atom. The lowest BCUT2D eigenvalue weighted by atomic mass is 10.2. The van der Waals surface area contributed by atoms with Gasteiger partial charge in [-0.3, -0.25) is 0 Å². The third-order valence-electron chi connectivity index (χ3n) is 2.27. The zero-order chi connectivity index (χ0) is 12.3. The number of benzene rings is 1. The van der Waals surface area contributed by atoms with Crippen molar-refractivity contribution in [1.82, 2.24) is 4.98 Å². The van der Waals surface area contributed by atoms with Gasteiger partial charge in [0.2, 0.25) is 0 Å². The molecule has 0 aliphatic heterocycles. The molecule has 2 nitrogen and oxygen atoms in total. The molecule has 1 heterocycles. The fourth-order valence-corrected chi connectivity index (χ4v) is 2.20. The molecule has 17 heavy (non-hydrogen) atoms. The molecule has 0 N–H and O–H groups in total. The van der Waals surface area contributed by atoms with Gasteiger partial charge in [0.25, 0.3) is 0 Å². The van der Waals surface area contributed by atoms with E-state index >= 15 is 0 Å². The minimum absolute atomic E-state index is 0.610. The summed E-state index contributed by atoms with van der Waals surface area (Å²) in [7, 11) is 0. The van der Waals surface area contributed by atoms with Gasteiger partial charge in [-0.05, 0) is 24.6 Å². The average Bonchev–Trinajstić information content (AvgIpc) is 2.78. The van der Waals surface area contributed by atoms with Gasteiger partial charge >= 0.3 is 0 Å². The van der Waals surface area contributed by atoms with Crippen molar-refractivity contribution in [3.63, 3.8) is 0 Å². The van der Waals surface area contributed by atoms with Crippen molar-refractivity contribution in [2.45, 2.75) is 12.8 Å². The quantitative estimate of drug-likeness (QED) is 0.741. The average molecular weight is 335 g/mol. The van der Waals surface area contributed by atoms with Gasteiger partial charge in [0.15, 0.2) is 11.7 Å². The highest BCUT2D eigenvalue weighted by Crippen LogP contribution is 2.31. The first-order valence-electron chi connectivity index (χ1n) is 5.17. The van der Waals surface area contributed by atoms with Gasteiger partial charge in [-0.25, -0.2) is 4.98 Å². The zero-order valence-corrected chi connectivity index (χ0v) is 12.0. The molecule has 2 aromatic rings. The van der Waals surface area contributed by atoms with Crippen molar-refractivity contribution >= 4 is 39.1 Å². The van der Waals surface area contributed by atoms with Crippen molar-refractivity contribution in [3.8, 4) is 11.3 Å². The van der Waals surface area contributed by atoms with Crippen LogP contribution in [0.15, 0.2) is 33.3 Å². The number of alkyl halides is 1. The first kappa shape index (κ1) is 12.9. The number of halogens is 3. The van der Waals surface area contributed by atoms with E-state index in [2.05, 4.69) is 20.9 Å². The number of hydrogen-bond acceptors (Lipinski definition) is 2. The fraction of sp³-hybridized carbons (Fsp3) is 0.250. The summed E-state index contributed by atoms with van der Waals surface area (Å²) in [6.07, 6.45) is 3.32. The highest BCUT2D eigenvalue weighted by Gasteiger charge is 2.10. The topological polar surface area (TPSA) is 26.0 Å². The van der Waals surface area contributed by atoms with Crippen LogP contribution in [0.1, 0.15) is 12.3 Å². The molecular weight excluding hydrogens is 325 g/mol. The minimum atomic E-state index is 0.610. The zero-order valence-electron chi connectivity index (χ0n) is 8.92. The molecule has 0 unspecified atom stereocenters. The van der Waals surface area contributed by atoms with Crippen LogP contribution in [-0.2, 0) is 6.42 Å².